The lowest BCUT2D eigenvalue weighted by Crippen LogP contribution is -2.56. The zero-order valence-corrected chi connectivity index (χ0v) is 10.9. The summed E-state index contributed by atoms with van der Waals surface area (Å²) in [4.78, 5) is 11.4. The zero-order chi connectivity index (χ0) is 12.9. The van der Waals surface area contributed by atoms with Gasteiger partial charge in [-0.2, -0.15) is 0 Å². The van der Waals surface area contributed by atoms with Crippen LogP contribution < -0.4 is 5.32 Å². The van der Waals surface area contributed by atoms with Crippen molar-refractivity contribution < 1.29 is 15.0 Å². The van der Waals surface area contributed by atoms with Crippen LogP contribution >= 0.6 is 0 Å². The van der Waals surface area contributed by atoms with Crippen LogP contribution in [-0.4, -0.2) is 34.9 Å². The highest BCUT2D eigenvalue weighted by Crippen LogP contribution is 2.37. The number of hydrogen-bond donors (Lipinski definition) is 3. The number of hydrogen-bond acceptors (Lipinski definition) is 3. The topological polar surface area (TPSA) is 69.6 Å². The zero-order valence-electron chi connectivity index (χ0n) is 10.9. The van der Waals surface area contributed by atoms with Crippen LogP contribution in [0.25, 0.3) is 0 Å². The van der Waals surface area contributed by atoms with Gasteiger partial charge in [0.05, 0.1) is 11.5 Å². The summed E-state index contributed by atoms with van der Waals surface area (Å²) < 4.78 is 0. The Morgan fingerprint density at radius 2 is 2.24 bits per heavy atom. The fraction of sp³-hybridized carbons (Fsp3) is 0.923. The fourth-order valence-electron chi connectivity index (χ4n) is 2.90. The van der Waals surface area contributed by atoms with Crippen LogP contribution in [0.3, 0.4) is 0 Å². The van der Waals surface area contributed by atoms with Crippen LogP contribution in [0.2, 0.25) is 0 Å². The van der Waals surface area contributed by atoms with E-state index in [0.717, 1.165) is 25.8 Å². The van der Waals surface area contributed by atoms with Crippen LogP contribution in [0.1, 0.15) is 46.0 Å². The van der Waals surface area contributed by atoms with Crippen molar-refractivity contribution in [2.75, 3.05) is 13.1 Å². The van der Waals surface area contributed by atoms with E-state index >= 15 is 0 Å². The third-order valence-corrected chi connectivity index (χ3v) is 4.04. The fourth-order valence-corrected chi connectivity index (χ4v) is 2.90. The van der Waals surface area contributed by atoms with E-state index in [1.165, 1.54) is 0 Å². The van der Waals surface area contributed by atoms with Gasteiger partial charge in [-0.05, 0) is 25.8 Å². The molecule has 0 aliphatic carbocycles. The maximum atomic E-state index is 11.4. The molecule has 1 rings (SSSR count). The van der Waals surface area contributed by atoms with Crippen molar-refractivity contribution in [3.05, 3.63) is 0 Å². The molecule has 3 N–H and O–H groups in total. The molecule has 1 saturated heterocycles. The van der Waals surface area contributed by atoms with Crippen molar-refractivity contribution in [2.24, 2.45) is 11.8 Å². The molecule has 100 valence electrons. The van der Waals surface area contributed by atoms with Gasteiger partial charge in [-0.3, -0.25) is 4.79 Å². The number of carbonyl (C=O) groups is 1. The lowest BCUT2D eigenvalue weighted by Gasteiger charge is -2.43. The minimum Gasteiger partial charge on any atom is -0.481 e. The van der Waals surface area contributed by atoms with Gasteiger partial charge in [-0.25, -0.2) is 0 Å². The van der Waals surface area contributed by atoms with Gasteiger partial charge in [0, 0.05) is 12.5 Å². The second kappa shape index (κ2) is 6.36. The first kappa shape index (κ1) is 14.5. The van der Waals surface area contributed by atoms with Crippen molar-refractivity contribution in [3.63, 3.8) is 0 Å². The predicted molar refractivity (Wildman–Crippen MR) is 66.9 cm³/mol. The molecule has 1 fully saturated rings. The first-order valence-electron chi connectivity index (χ1n) is 6.72. The van der Waals surface area contributed by atoms with E-state index in [9.17, 15) is 15.0 Å². The number of aliphatic carboxylic acids is 1. The molecule has 0 aromatic rings. The number of unbranched alkanes of at least 4 members (excludes halogenated alkanes) is 1. The van der Waals surface area contributed by atoms with Gasteiger partial charge in [0.1, 0.15) is 0 Å². The molecule has 4 nitrogen and oxygen atoms in total. The molecule has 1 aliphatic rings. The molecule has 0 amide bonds. The second-order valence-electron chi connectivity index (χ2n) is 5.08. The molecule has 0 bridgehead atoms. The lowest BCUT2D eigenvalue weighted by molar-refractivity contribution is -0.161. The molecule has 0 radical (unpaired) electrons. The molecule has 0 aromatic carbocycles. The molecule has 17 heavy (non-hydrogen) atoms. The van der Waals surface area contributed by atoms with E-state index in [-0.39, 0.29) is 5.92 Å². The summed E-state index contributed by atoms with van der Waals surface area (Å²) in [7, 11) is 0. The highest BCUT2D eigenvalue weighted by Gasteiger charge is 2.47. The van der Waals surface area contributed by atoms with Crippen molar-refractivity contribution in [3.8, 4) is 0 Å². The third kappa shape index (κ3) is 3.19. The number of nitrogens with one attached hydrogen (secondary N) is 1. The molecular weight excluding hydrogens is 218 g/mol. The summed E-state index contributed by atoms with van der Waals surface area (Å²) >= 11 is 0. The molecule has 4 heteroatoms. The summed E-state index contributed by atoms with van der Waals surface area (Å²) in [5, 5.41) is 23.4. The summed E-state index contributed by atoms with van der Waals surface area (Å²) in [6, 6.07) is 0. The van der Waals surface area contributed by atoms with E-state index in [1.54, 1.807) is 0 Å². The van der Waals surface area contributed by atoms with Gasteiger partial charge in [-0.15, -0.1) is 0 Å². The minimum atomic E-state index is -1.03. The molecular formula is C13H25NO3. The van der Waals surface area contributed by atoms with E-state index in [4.69, 9.17) is 0 Å². The Morgan fingerprint density at radius 3 is 2.76 bits per heavy atom. The summed E-state index contributed by atoms with van der Waals surface area (Å²) in [6.07, 6.45) is 3.78. The number of carboxylic acid groups (broad SMARTS) is 1. The van der Waals surface area contributed by atoms with Gasteiger partial charge in [0.25, 0.3) is 0 Å². The highest BCUT2D eigenvalue weighted by atomic mass is 16.4. The SMILES string of the molecule is CCCCC(C(=O)O)C1(O)CCNCC1CC. The van der Waals surface area contributed by atoms with E-state index in [0.29, 0.717) is 19.4 Å². The van der Waals surface area contributed by atoms with Crippen molar-refractivity contribution >= 4 is 5.97 Å². The smallest absolute Gasteiger partial charge is 0.309 e. The molecule has 0 spiro atoms. The Balaban J connectivity index is 2.83. The first-order valence-corrected chi connectivity index (χ1v) is 6.72. The Labute approximate surface area is 103 Å². The quantitative estimate of drug-likeness (QED) is 0.663. The maximum Gasteiger partial charge on any atom is 0.309 e. The van der Waals surface area contributed by atoms with Gasteiger partial charge in [0.15, 0.2) is 0 Å². The van der Waals surface area contributed by atoms with Crippen molar-refractivity contribution in [1.29, 1.82) is 0 Å². The molecule has 0 saturated carbocycles. The van der Waals surface area contributed by atoms with Gasteiger partial charge in [0.2, 0.25) is 0 Å². The molecule has 1 heterocycles. The Hall–Kier alpha value is -0.610. The van der Waals surface area contributed by atoms with Crippen LogP contribution in [0.4, 0.5) is 0 Å². The summed E-state index contributed by atoms with van der Waals surface area (Å²) in [5.41, 5.74) is -1.03. The molecule has 3 unspecified atom stereocenters. The van der Waals surface area contributed by atoms with Gasteiger partial charge in [-0.1, -0.05) is 26.7 Å². The highest BCUT2D eigenvalue weighted by molar-refractivity contribution is 5.71. The van der Waals surface area contributed by atoms with Gasteiger partial charge < -0.3 is 15.5 Å². The van der Waals surface area contributed by atoms with Crippen molar-refractivity contribution in [2.45, 2.75) is 51.6 Å². The van der Waals surface area contributed by atoms with E-state index in [2.05, 4.69) is 5.32 Å². The lowest BCUT2D eigenvalue weighted by atomic mass is 9.70. The maximum absolute atomic E-state index is 11.4. The van der Waals surface area contributed by atoms with E-state index < -0.39 is 17.5 Å². The number of carboxylic acids is 1. The molecule has 3 atom stereocenters. The second-order valence-corrected chi connectivity index (χ2v) is 5.08. The van der Waals surface area contributed by atoms with Crippen LogP contribution in [-0.2, 0) is 4.79 Å². The number of aliphatic hydroxyl groups is 1. The average Bonchev–Trinajstić information content (AvgIpc) is 2.29. The van der Waals surface area contributed by atoms with Crippen LogP contribution in [0.15, 0.2) is 0 Å². The predicted octanol–water partition coefficient (Wildman–Crippen LogP) is 1.63. The standard InChI is InChI=1S/C13H25NO3/c1-3-5-6-11(12(15)16)13(17)7-8-14-9-10(13)4-2/h10-11,14,17H,3-9H2,1-2H3,(H,15,16). The minimum absolute atomic E-state index is 0.0502. The number of piperidine rings is 1. The Morgan fingerprint density at radius 1 is 1.53 bits per heavy atom. The number of rotatable bonds is 6. The van der Waals surface area contributed by atoms with Crippen LogP contribution in [0.5, 0.6) is 0 Å². The molecule has 1 aliphatic heterocycles. The van der Waals surface area contributed by atoms with Crippen LogP contribution in [0, 0.1) is 11.8 Å². The third-order valence-electron chi connectivity index (χ3n) is 4.04. The first-order chi connectivity index (χ1) is 8.06. The van der Waals surface area contributed by atoms with E-state index in [1.807, 2.05) is 13.8 Å². The Bertz CT molecular complexity index is 257. The monoisotopic (exact) mass is 243 g/mol. The normalized spacial score (nSPS) is 31.1. The average molecular weight is 243 g/mol. The summed E-state index contributed by atoms with van der Waals surface area (Å²) in [6.45, 7) is 5.50. The molecule has 0 aromatic heterocycles. The summed E-state index contributed by atoms with van der Waals surface area (Å²) in [5.74, 6) is -1.41. The Kier molecular flexibility index (Phi) is 5.40. The largest absolute Gasteiger partial charge is 0.481 e. The van der Waals surface area contributed by atoms with Gasteiger partial charge >= 0.3 is 5.97 Å². The van der Waals surface area contributed by atoms with Crippen molar-refractivity contribution in [1.82, 2.24) is 5.32 Å².